The van der Waals surface area contributed by atoms with Crippen LogP contribution in [0.4, 0.5) is 0 Å². The minimum absolute atomic E-state index is 0. The zero-order valence-electron chi connectivity index (χ0n) is 11.9. The monoisotopic (exact) mass is 311 g/mol. The number of likely N-dealkylation sites (tertiary alicyclic amines) is 1. The van der Waals surface area contributed by atoms with E-state index in [1.54, 1.807) is 0 Å². The normalized spacial score (nSPS) is 26.2. The van der Waals surface area contributed by atoms with Gasteiger partial charge >= 0.3 is 0 Å². The minimum atomic E-state index is 0. The summed E-state index contributed by atoms with van der Waals surface area (Å²) < 4.78 is 0. The van der Waals surface area contributed by atoms with E-state index >= 15 is 0 Å². The largest absolute Gasteiger partial charge is 0.341 e. The fourth-order valence-electron chi connectivity index (χ4n) is 3.10. The third-order valence-electron chi connectivity index (χ3n) is 4.21. The van der Waals surface area contributed by atoms with Crippen LogP contribution < -0.4 is 5.32 Å². The highest BCUT2D eigenvalue weighted by atomic mass is 35.5. The van der Waals surface area contributed by atoms with Crippen molar-refractivity contribution in [3.8, 4) is 0 Å². The molecule has 2 aliphatic heterocycles. The molecule has 2 unspecified atom stereocenters. The second-order valence-electron chi connectivity index (χ2n) is 5.14. The van der Waals surface area contributed by atoms with Crippen molar-refractivity contribution >= 4 is 30.7 Å². The first-order valence-corrected chi connectivity index (χ1v) is 6.99. The number of nitrogens with zero attached hydrogens (tertiary/aromatic N) is 2. The molecule has 0 aromatic heterocycles. The average molecular weight is 312 g/mol. The predicted molar refractivity (Wildman–Crippen MR) is 83.4 cm³/mol. The lowest BCUT2D eigenvalue weighted by molar-refractivity contribution is -0.134. The first-order chi connectivity index (χ1) is 8.26. The Labute approximate surface area is 129 Å². The summed E-state index contributed by atoms with van der Waals surface area (Å²) in [7, 11) is 0. The molecular weight excluding hydrogens is 285 g/mol. The lowest BCUT2D eigenvalue weighted by Crippen LogP contribution is -2.40. The predicted octanol–water partition coefficient (Wildman–Crippen LogP) is 1.38. The van der Waals surface area contributed by atoms with E-state index in [9.17, 15) is 4.79 Å². The summed E-state index contributed by atoms with van der Waals surface area (Å²) in [5, 5.41) is 3.28. The number of carbonyl (C=O) groups is 1. The molecule has 114 valence electrons. The van der Waals surface area contributed by atoms with Crippen molar-refractivity contribution in [2.45, 2.75) is 32.7 Å². The van der Waals surface area contributed by atoms with Crippen LogP contribution in [0.3, 0.4) is 0 Å². The van der Waals surface area contributed by atoms with Gasteiger partial charge in [-0.3, -0.25) is 9.69 Å². The Morgan fingerprint density at radius 3 is 2.47 bits per heavy atom. The van der Waals surface area contributed by atoms with E-state index in [2.05, 4.69) is 29.0 Å². The summed E-state index contributed by atoms with van der Waals surface area (Å²) in [6.07, 6.45) is 2.17. The molecule has 2 rings (SSSR count). The molecule has 19 heavy (non-hydrogen) atoms. The van der Waals surface area contributed by atoms with E-state index in [4.69, 9.17) is 0 Å². The summed E-state index contributed by atoms with van der Waals surface area (Å²) in [6, 6.07) is 0.586. The summed E-state index contributed by atoms with van der Waals surface area (Å²) in [5.74, 6) is 0.620. The third-order valence-corrected chi connectivity index (χ3v) is 4.21. The van der Waals surface area contributed by atoms with E-state index in [1.165, 1.54) is 0 Å². The van der Waals surface area contributed by atoms with Gasteiger partial charge in [-0.25, -0.2) is 0 Å². The molecule has 1 N–H and O–H groups in total. The number of hydrogen-bond acceptors (Lipinski definition) is 3. The van der Waals surface area contributed by atoms with Crippen molar-refractivity contribution < 1.29 is 4.79 Å². The maximum atomic E-state index is 12.3. The molecule has 0 spiro atoms. The van der Waals surface area contributed by atoms with Crippen LogP contribution in [-0.4, -0.2) is 61.0 Å². The van der Waals surface area contributed by atoms with Crippen LogP contribution in [0.2, 0.25) is 0 Å². The Morgan fingerprint density at radius 2 is 1.95 bits per heavy atom. The Hall–Kier alpha value is -0.0300. The zero-order chi connectivity index (χ0) is 12.3. The van der Waals surface area contributed by atoms with Crippen LogP contribution in [0, 0.1) is 5.92 Å². The number of hydrogen-bond donors (Lipinski definition) is 1. The molecule has 2 heterocycles. The second kappa shape index (κ2) is 9.01. The van der Waals surface area contributed by atoms with Crippen molar-refractivity contribution in [1.29, 1.82) is 0 Å². The highest BCUT2D eigenvalue weighted by molar-refractivity contribution is 5.85. The number of amides is 1. The van der Waals surface area contributed by atoms with Crippen molar-refractivity contribution in [2.75, 3.05) is 39.3 Å². The van der Waals surface area contributed by atoms with Gasteiger partial charge in [-0.1, -0.05) is 13.8 Å². The maximum Gasteiger partial charge on any atom is 0.227 e. The molecule has 2 saturated heterocycles. The van der Waals surface area contributed by atoms with Crippen molar-refractivity contribution in [1.82, 2.24) is 15.1 Å². The summed E-state index contributed by atoms with van der Waals surface area (Å²) >= 11 is 0. The van der Waals surface area contributed by atoms with Gasteiger partial charge in [0.05, 0.1) is 5.92 Å². The average Bonchev–Trinajstić information content (AvgIpc) is 3.01. The van der Waals surface area contributed by atoms with Crippen molar-refractivity contribution in [2.24, 2.45) is 5.92 Å². The number of likely N-dealkylation sites (N-methyl/N-ethyl adjacent to an activating group) is 1. The molecule has 4 nitrogen and oxygen atoms in total. The van der Waals surface area contributed by atoms with E-state index in [1.807, 2.05) is 0 Å². The van der Waals surface area contributed by atoms with E-state index in [0.29, 0.717) is 11.9 Å². The second-order valence-corrected chi connectivity index (χ2v) is 5.14. The quantitative estimate of drug-likeness (QED) is 0.852. The van der Waals surface area contributed by atoms with Crippen LogP contribution in [0.25, 0.3) is 0 Å². The van der Waals surface area contributed by atoms with Crippen molar-refractivity contribution in [3.63, 3.8) is 0 Å². The van der Waals surface area contributed by atoms with E-state index in [0.717, 1.165) is 52.1 Å². The van der Waals surface area contributed by atoms with Gasteiger partial charge < -0.3 is 10.2 Å². The Kier molecular flexibility index (Phi) is 8.99. The molecule has 6 heteroatoms. The number of rotatable bonds is 4. The molecule has 2 fully saturated rings. The van der Waals surface area contributed by atoms with Crippen LogP contribution in [0.15, 0.2) is 0 Å². The minimum Gasteiger partial charge on any atom is -0.341 e. The lowest BCUT2D eigenvalue weighted by atomic mass is 10.1. The lowest BCUT2D eigenvalue weighted by Gasteiger charge is -2.26. The molecule has 0 aliphatic carbocycles. The van der Waals surface area contributed by atoms with E-state index in [-0.39, 0.29) is 30.7 Å². The summed E-state index contributed by atoms with van der Waals surface area (Å²) in [6.45, 7) is 10.4. The SMILES string of the molecule is CCN(CC)C1CCN(C(=O)C2CCNC2)C1.Cl.Cl. The van der Waals surface area contributed by atoms with Gasteiger partial charge in [0.15, 0.2) is 0 Å². The van der Waals surface area contributed by atoms with E-state index < -0.39 is 0 Å². The molecule has 0 bridgehead atoms. The highest BCUT2D eigenvalue weighted by Crippen LogP contribution is 2.19. The van der Waals surface area contributed by atoms with Crippen LogP contribution in [0.1, 0.15) is 26.7 Å². The topological polar surface area (TPSA) is 35.6 Å². The molecule has 2 aliphatic rings. The van der Waals surface area contributed by atoms with Gasteiger partial charge in [-0.2, -0.15) is 0 Å². The van der Waals surface area contributed by atoms with Crippen LogP contribution in [-0.2, 0) is 4.79 Å². The molecular formula is C13H27Cl2N3O. The smallest absolute Gasteiger partial charge is 0.227 e. The first kappa shape index (κ1) is 19.0. The molecule has 0 saturated carbocycles. The van der Waals surface area contributed by atoms with Gasteiger partial charge in [0.25, 0.3) is 0 Å². The highest BCUT2D eigenvalue weighted by Gasteiger charge is 2.33. The summed E-state index contributed by atoms with van der Waals surface area (Å²) in [5.41, 5.74) is 0. The number of nitrogens with one attached hydrogen (secondary N) is 1. The standard InChI is InChI=1S/C13H25N3O.2ClH/c1-3-15(4-2)12-6-8-16(10-12)13(17)11-5-7-14-9-11;;/h11-12,14H,3-10H2,1-2H3;2*1H. The number of halogens is 2. The number of carbonyl (C=O) groups excluding carboxylic acids is 1. The van der Waals surface area contributed by atoms with Crippen LogP contribution >= 0.6 is 24.8 Å². The Morgan fingerprint density at radius 1 is 1.26 bits per heavy atom. The summed E-state index contributed by atoms with van der Waals surface area (Å²) in [4.78, 5) is 16.8. The van der Waals surface area contributed by atoms with Gasteiger partial charge in [0.1, 0.15) is 0 Å². The molecule has 1 amide bonds. The molecule has 0 aromatic carbocycles. The Bertz CT molecular complexity index is 269. The van der Waals surface area contributed by atoms with Crippen molar-refractivity contribution in [3.05, 3.63) is 0 Å². The molecule has 2 atom stereocenters. The van der Waals surface area contributed by atoms with Gasteiger partial charge in [-0.15, -0.1) is 24.8 Å². The van der Waals surface area contributed by atoms with Crippen LogP contribution in [0.5, 0.6) is 0 Å². The molecule has 0 radical (unpaired) electrons. The Balaban J connectivity index is 0.00000162. The first-order valence-electron chi connectivity index (χ1n) is 6.99. The van der Waals surface area contributed by atoms with Gasteiger partial charge in [-0.05, 0) is 32.5 Å². The maximum absolute atomic E-state index is 12.3. The fourth-order valence-corrected chi connectivity index (χ4v) is 3.10. The van der Waals surface area contributed by atoms with Gasteiger partial charge in [0, 0.05) is 25.7 Å². The van der Waals surface area contributed by atoms with Gasteiger partial charge in [0.2, 0.25) is 5.91 Å². The zero-order valence-corrected chi connectivity index (χ0v) is 13.6. The fraction of sp³-hybridized carbons (Fsp3) is 0.923. The third kappa shape index (κ3) is 4.48. The molecule has 0 aromatic rings.